The van der Waals surface area contributed by atoms with Gasteiger partial charge in [-0.15, -0.1) is 0 Å². The van der Waals surface area contributed by atoms with E-state index in [2.05, 4.69) is 32.9 Å². The molecule has 0 radical (unpaired) electrons. The lowest BCUT2D eigenvalue weighted by molar-refractivity contribution is -0.104. The average molecular weight is 164 g/mol. The van der Waals surface area contributed by atoms with Gasteiger partial charge in [-0.2, -0.15) is 0 Å². The Morgan fingerprint density at radius 1 is 1.33 bits per heavy atom. The Balaban J connectivity index is 2.86. The molecule has 1 aliphatic carbocycles. The topological polar surface area (TPSA) is 17.1 Å². The Kier molecular flexibility index (Phi) is 2.22. The van der Waals surface area contributed by atoms with Gasteiger partial charge in [-0.25, -0.2) is 0 Å². The molecule has 1 heteroatoms. The molecule has 0 fully saturated rings. The lowest BCUT2D eigenvalue weighted by Gasteiger charge is -2.35. The van der Waals surface area contributed by atoms with E-state index in [-0.39, 0.29) is 10.8 Å². The average Bonchev–Trinajstić information content (AvgIpc) is 2.24. The molecule has 12 heavy (non-hydrogen) atoms. The molecule has 0 aromatic rings. The largest absolute Gasteiger partial charge is 0.299 e. The molecule has 0 saturated heterocycles. The van der Waals surface area contributed by atoms with Crippen LogP contribution >= 0.6 is 0 Å². The van der Waals surface area contributed by atoms with Gasteiger partial charge in [-0.1, -0.05) is 39.0 Å². The van der Waals surface area contributed by atoms with Crippen LogP contribution in [-0.2, 0) is 4.79 Å². The molecule has 0 amide bonds. The van der Waals surface area contributed by atoms with Crippen LogP contribution in [0.5, 0.6) is 0 Å². The van der Waals surface area contributed by atoms with E-state index < -0.39 is 0 Å². The van der Waals surface area contributed by atoms with Gasteiger partial charge in [-0.3, -0.25) is 4.79 Å². The van der Waals surface area contributed by atoms with Crippen LogP contribution in [0.25, 0.3) is 0 Å². The van der Waals surface area contributed by atoms with Gasteiger partial charge in [-0.05, 0) is 23.3 Å². The number of rotatable bonds is 2. The third-order valence-corrected chi connectivity index (χ3v) is 3.09. The molecule has 0 spiro atoms. The lowest BCUT2D eigenvalue weighted by Crippen LogP contribution is -2.27. The van der Waals surface area contributed by atoms with E-state index in [9.17, 15) is 4.79 Å². The zero-order chi connectivity index (χ0) is 9.24. The maximum absolute atomic E-state index is 10.2. The van der Waals surface area contributed by atoms with Crippen LogP contribution in [-0.4, -0.2) is 6.29 Å². The summed E-state index contributed by atoms with van der Waals surface area (Å²) >= 11 is 0. The molecule has 1 nitrogen and oxygen atoms in total. The molecule has 0 aromatic carbocycles. The summed E-state index contributed by atoms with van der Waals surface area (Å²) in [5.41, 5.74) is 0.292. The molecule has 66 valence electrons. The van der Waals surface area contributed by atoms with Gasteiger partial charge in [0.2, 0.25) is 0 Å². The van der Waals surface area contributed by atoms with Crippen molar-refractivity contribution in [3.05, 3.63) is 24.3 Å². The van der Waals surface area contributed by atoms with E-state index in [0.29, 0.717) is 0 Å². The van der Waals surface area contributed by atoms with Gasteiger partial charge in [0.05, 0.1) is 0 Å². The normalized spacial score (nSPS) is 32.9. The number of carbonyl (C=O) groups excluding carboxylic acids is 1. The van der Waals surface area contributed by atoms with E-state index in [1.807, 2.05) is 6.08 Å². The lowest BCUT2D eigenvalue weighted by atomic mass is 9.69. The van der Waals surface area contributed by atoms with Crippen molar-refractivity contribution in [1.82, 2.24) is 0 Å². The van der Waals surface area contributed by atoms with E-state index in [1.165, 1.54) is 0 Å². The predicted octanol–water partition coefficient (Wildman–Crippen LogP) is 2.73. The minimum atomic E-state index is 0.119. The second kappa shape index (κ2) is 2.89. The third kappa shape index (κ3) is 1.36. The van der Waals surface area contributed by atoms with Gasteiger partial charge in [0.15, 0.2) is 0 Å². The van der Waals surface area contributed by atoms with Crippen LogP contribution in [0.4, 0.5) is 0 Å². The predicted molar refractivity (Wildman–Crippen MR) is 50.8 cm³/mol. The first kappa shape index (κ1) is 9.24. The van der Waals surface area contributed by atoms with Crippen molar-refractivity contribution in [3.8, 4) is 0 Å². The summed E-state index contributed by atoms with van der Waals surface area (Å²) in [5, 5.41) is 0. The van der Waals surface area contributed by atoms with Crippen LogP contribution in [0.1, 0.15) is 27.2 Å². The summed E-state index contributed by atoms with van der Waals surface area (Å²) in [6.45, 7) is 6.59. The van der Waals surface area contributed by atoms with Crippen molar-refractivity contribution in [2.75, 3.05) is 0 Å². The van der Waals surface area contributed by atoms with Crippen molar-refractivity contribution in [2.45, 2.75) is 27.2 Å². The van der Waals surface area contributed by atoms with Crippen molar-refractivity contribution in [1.29, 1.82) is 0 Å². The Hall–Kier alpha value is -0.850. The van der Waals surface area contributed by atoms with Crippen LogP contribution in [0.3, 0.4) is 0 Å². The molecule has 1 aliphatic rings. The highest BCUT2D eigenvalue weighted by molar-refractivity contribution is 5.65. The minimum Gasteiger partial charge on any atom is -0.299 e. The Morgan fingerprint density at radius 2 is 2.00 bits per heavy atom. The highest BCUT2D eigenvalue weighted by atomic mass is 16.1. The van der Waals surface area contributed by atoms with Crippen molar-refractivity contribution in [2.24, 2.45) is 10.8 Å². The Morgan fingerprint density at radius 3 is 2.42 bits per heavy atom. The quantitative estimate of drug-likeness (QED) is 0.348. The second-order valence-corrected chi connectivity index (χ2v) is 4.24. The van der Waals surface area contributed by atoms with E-state index in [0.717, 1.165) is 12.7 Å². The molecular formula is C11H16O. The number of hydrogen-bond donors (Lipinski definition) is 0. The fraction of sp³-hybridized carbons (Fsp3) is 0.545. The first-order valence-electron chi connectivity index (χ1n) is 4.32. The maximum Gasteiger partial charge on any atom is 0.142 e. The first-order valence-corrected chi connectivity index (χ1v) is 4.32. The zero-order valence-electron chi connectivity index (χ0n) is 8.00. The van der Waals surface area contributed by atoms with Gasteiger partial charge < -0.3 is 0 Å². The third-order valence-electron chi connectivity index (χ3n) is 3.09. The van der Waals surface area contributed by atoms with Gasteiger partial charge in [0, 0.05) is 0 Å². The summed E-state index contributed by atoms with van der Waals surface area (Å²) in [6.07, 6.45) is 9.91. The summed E-state index contributed by atoms with van der Waals surface area (Å²) in [5.74, 6) is 0. The monoisotopic (exact) mass is 164 g/mol. The van der Waals surface area contributed by atoms with Crippen molar-refractivity contribution >= 4 is 6.29 Å². The van der Waals surface area contributed by atoms with Crippen LogP contribution in [0, 0.1) is 10.8 Å². The van der Waals surface area contributed by atoms with Gasteiger partial charge in [0.1, 0.15) is 6.29 Å². The second-order valence-electron chi connectivity index (χ2n) is 4.24. The smallest absolute Gasteiger partial charge is 0.142 e. The van der Waals surface area contributed by atoms with E-state index >= 15 is 0 Å². The Labute approximate surface area is 74.2 Å². The number of aldehydes is 1. The standard InChI is InChI=1S/C11H16O/c1-10(2)6-4-7-11(10,3)8-5-9-12/h4-6,8-9H,7H2,1-3H3/b8-5+/t11-/m1/s1. The van der Waals surface area contributed by atoms with Gasteiger partial charge in [0.25, 0.3) is 0 Å². The molecule has 0 unspecified atom stereocenters. The fourth-order valence-electron chi connectivity index (χ4n) is 1.59. The van der Waals surface area contributed by atoms with E-state index in [4.69, 9.17) is 0 Å². The minimum absolute atomic E-state index is 0.119. The molecule has 0 aliphatic heterocycles. The summed E-state index contributed by atoms with van der Waals surface area (Å²) in [7, 11) is 0. The molecule has 0 saturated carbocycles. The summed E-state index contributed by atoms with van der Waals surface area (Å²) in [4.78, 5) is 10.2. The highest BCUT2D eigenvalue weighted by Crippen LogP contribution is 2.48. The van der Waals surface area contributed by atoms with Crippen LogP contribution in [0.2, 0.25) is 0 Å². The highest BCUT2D eigenvalue weighted by Gasteiger charge is 2.39. The van der Waals surface area contributed by atoms with Crippen LogP contribution < -0.4 is 0 Å². The number of carbonyl (C=O) groups is 1. The number of allylic oxidation sites excluding steroid dienone is 4. The zero-order valence-corrected chi connectivity index (χ0v) is 8.00. The summed E-state index contributed by atoms with van der Waals surface area (Å²) in [6, 6.07) is 0. The Bertz CT molecular complexity index is 235. The van der Waals surface area contributed by atoms with Crippen molar-refractivity contribution in [3.63, 3.8) is 0 Å². The van der Waals surface area contributed by atoms with E-state index in [1.54, 1.807) is 6.08 Å². The SMILES string of the molecule is CC1(C)C=CC[C@]1(C)/C=C/C=O. The molecule has 0 bridgehead atoms. The molecule has 0 aromatic heterocycles. The molecule has 1 rings (SSSR count). The molecule has 0 N–H and O–H groups in total. The molecule has 1 atom stereocenters. The first-order chi connectivity index (χ1) is 5.52. The fourth-order valence-corrected chi connectivity index (χ4v) is 1.59. The maximum atomic E-state index is 10.2. The number of hydrogen-bond acceptors (Lipinski definition) is 1. The van der Waals surface area contributed by atoms with Gasteiger partial charge >= 0.3 is 0 Å². The molecule has 0 heterocycles. The van der Waals surface area contributed by atoms with Crippen LogP contribution in [0.15, 0.2) is 24.3 Å². The van der Waals surface area contributed by atoms with Crippen molar-refractivity contribution < 1.29 is 4.79 Å². The molecular weight excluding hydrogens is 148 g/mol. The summed E-state index contributed by atoms with van der Waals surface area (Å²) < 4.78 is 0.